The summed E-state index contributed by atoms with van der Waals surface area (Å²) in [5.74, 6) is 5.91. The number of rotatable bonds is 16. The van der Waals surface area contributed by atoms with Crippen molar-refractivity contribution in [2.24, 2.45) is 64.1 Å². The summed E-state index contributed by atoms with van der Waals surface area (Å²) in [4.78, 5) is 23.7. The Bertz CT molecular complexity index is 1020. The van der Waals surface area contributed by atoms with Crippen LogP contribution in [-0.2, 0) is 19.1 Å². The summed E-state index contributed by atoms with van der Waals surface area (Å²) < 4.78 is 10.7. The SMILES string of the molecule is C=CC(=O)OCC(CCC[C@H]1CC[C@@]2(C)[C@@H](CC[C@@H]3[C@@H]2CC[C@]2(C)C([C@H](C)CCCC(C)C)CC[C@@H]32)C1)COC(=O)C(=C)CO. The quantitative estimate of drug-likeness (QED) is 0.137. The first-order valence-electron chi connectivity index (χ1n) is 18.7. The minimum absolute atomic E-state index is 0.0406. The largest absolute Gasteiger partial charge is 0.462 e. The second-order valence-electron chi connectivity index (χ2n) is 16.8. The molecule has 1 N–H and O–H groups in total. The molecule has 0 radical (unpaired) electrons. The highest BCUT2D eigenvalue weighted by molar-refractivity contribution is 5.87. The van der Waals surface area contributed by atoms with Gasteiger partial charge in [-0.2, -0.15) is 0 Å². The highest BCUT2D eigenvalue weighted by Crippen LogP contribution is 2.68. The number of fused-ring (bicyclic) bond motifs is 5. The zero-order valence-corrected chi connectivity index (χ0v) is 29.5. The van der Waals surface area contributed by atoms with Gasteiger partial charge in [-0.3, -0.25) is 0 Å². The van der Waals surface area contributed by atoms with Gasteiger partial charge in [0.05, 0.1) is 25.4 Å². The smallest absolute Gasteiger partial charge is 0.335 e. The van der Waals surface area contributed by atoms with Crippen LogP contribution in [0.4, 0.5) is 0 Å². The van der Waals surface area contributed by atoms with E-state index in [1.54, 1.807) is 0 Å². The number of carbonyl (C=O) groups excluding carboxylic acids is 2. The van der Waals surface area contributed by atoms with Crippen LogP contribution in [0, 0.1) is 64.1 Å². The van der Waals surface area contributed by atoms with Gasteiger partial charge < -0.3 is 14.6 Å². The standard InChI is InChI=1S/C40H66O5/c1-8-37(42)44-25-31(26-45-38(43)29(5)24-41)14-10-13-30-19-21-39(6)32(23-30)15-16-33-35-18-17-34(28(4)12-9-11-27(2)3)40(35,7)22-20-36(33)39/h8,27-28,30-36,41H,1,5,9-26H2,2-4,6-7H3/t28-,30+,31?,32+,33+,34?,35+,36+,39+,40-/m1/s1. The van der Waals surface area contributed by atoms with E-state index in [2.05, 4.69) is 47.8 Å². The van der Waals surface area contributed by atoms with E-state index in [1.165, 1.54) is 83.5 Å². The molecule has 0 saturated heterocycles. The van der Waals surface area contributed by atoms with Gasteiger partial charge in [0.2, 0.25) is 0 Å². The Kier molecular flexibility index (Phi) is 12.9. The third kappa shape index (κ3) is 8.46. The van der Waals surface area contributed by atoms with Gasteiger partial charge in [0.1, 0.15) is 0 Å². The molecule has 256 valence electrons. The summed E-state index contributed by atoms with van der Waals surface area (Å²) in [6.07, 6.45) is 21.2. The minimum Gasteiger partial charge on any atom is -0.462 e. The summed E-state index contributed by atoms with van der Waals surface area (Å²) >= 11 is 0. The van der Waals surface area contributed by atoms with Gasteiger partial charge in [-0.25, -0.2) is 9.59 Å². The van der Waals surface area contributed by atoms with Crippen LogP contribution in [0.1, 0.15) is 131 Å². The average molecular weight is 627 g/mol. The lowest BCUT2D eigenvalue weighted by Gasteiger charge is -2.61. The first-order chi connectivity index (χ1) is 21.4. The molecule has 0 aliphatic heterocycles. The van der Waals surface area contributed by atoms with Crippen molar-refractivity contribution in [2.45, 2.75) is 131 Å². The Morgan fingerprint density at radius 1 is 0.889 bits per heavy atom. The molecule has 4 fully saturated rings. The normalized spacial score (nSPS) is 35.4. The highest BCUT2D eigenvalue weighted by atomic mass is 16.5. The summed E-state index contributed by atoms with van der Waals surface area (Å²) in [7, 11) is 0. The fourth-order valence-corrected chi connectivity index (χ4v) is 11.2. The number of aliphatic hydroxyl groups excluding tert-OH is 1. The van der Waals surface area contributed by atoms with Crippen LogP contribution in [0.5, 0.6) is 0 Å². The van der Waals surface area contributed by atoms with Crippen LogP contribution in [-0.4, -0.2) is 36.9 Å². The van der Waals surface area contributed by atoms with Gasteiger partial charge in [-0.15, -0.1) is 0 Å². The molecule has 2 unspecified atom stereocenters. The van der Waals surface area contributed by atoms with Crippen LogP contribution in [0.2, 0.25) is 0 Å². The molecule has 0 aromatic heterocycles. The van der Waals surface area contributed by atoms with Crippen molar-refractivity contribution < 1.29 is 24.2 Å². The number of hydrogen-bond donors (Lipinski definition) is 1. The van der Waals surface area contributed by atoms with Crippen molar-refractivity contribution in [1.29, 1.82) is 0 Å². The van der Waals surface area contributed by atoms with E-state index in [4.69, 9.17) is 14.6 Å². The number of hydrogen-bond acceptors (Lipinski definition) is 5. The van der Waals surface area contributed by atoms with E-state index in [0.29, 0.717) is 10.8 Å². The van der Waals surface area contributed by atoms with Crippen LogP contribution in [0.3, 0.4) is 0 Å². The van der Waals surface area contributed by atoms with Gasteiger partial charge in [-0.1, -0.05) is 79.9 Å². The monoisotopic (exact) mass is 626 g/mol. The topological polar surface area (TPSA) is 72.8 Å². The van der Waals surface area contributed by atoms with Crippen molar-refractivity contribution in [2.75, 3.05) is 19.8 Å². The molecular formula is C40H66O5. The molecule has 10 atom stereocenters. The van der Waals surface area contributed by atoms with Gasteiger partial charge in [0, 0.05) is 12.0 Å². The van der Waals surface area contributed by atoms with Gasteiger partial charge in [0.15, 0.2) is 0 Å². The molecule has 0 spiro atoms. The molecule has 4 rings (SSSR count). The molecule has 0 aromatic carbocycles. The minimum atomic E-state index is -0.591. The first-order valence-corrected chi connectivity index (χ1v) is 18.7. The molecule has 45 heavy (non-hydrogen) atoms. The van der Waals surface area contributed by atoms with E-state index in [1.807, 2.05) is 0 Å². The Labute approximate surface area is 275 Å². The van der Waals surface area contributed by atoms with E-state index in [0.717, 1.165) is 66.3 Å². The second kappa shape index (κ2) is 16.0. The number of esters is 2. The number of carbonyl (C=O) groups is 2. The molecule has 4 aliphatic rings. The van der Waals surface area contributed by atoms with Gasteiger partial charge in [0.25, 0.3) is 0 Å². The molecule has 5 nitrogen and oxygen atoms in total. The van der Waals surface area contributed by atoms with Gasteiger partial charge >= 0.3 is 11.9 Å². The van der Waals surface area contributed by atoms with Crippen molar-refractivity contribution >= 4 is 11.9 Å². The number of ether oxygens (including phenoxy) is 2. The summed E-state index contributed by atoms with van der Waals surface area (Å²) in [5, 5.41) is 9.17. The van der Waals surface area contributed by atoms with Crippen molar-refractivity contribution in [3.8, 4) is 0 Å². The molecule has 0 amide bonds. The van der Waals surface area contributed by atoms with Crippen molar-refractivity contribution in [1.82, 2.24) is 0 Å². The zero-order chi connectivity index (χ0) is 32.8. The lowest BCUT2D eigenvalue weighted by Crippen LogP contribution is -2.53. The molecule has 0 bridgehead atoms. The predicted octanol–water partition coefficient (Wildman–Crippen LogP) is 9.33. The Balaban J connectivity index is 1.29. The molecule has 5 heteroatoms. The fourth-order valence-electron chi connectivity index (χ4n) is 11.2. The summed E-state index contributed by atoms with van der Waals surface area (Å²) in [5.41, 5.74) is 1.11. The zero-order valence-electron chi connectivity index (χ0n) is 29.5. The Morgan fingerprint density at radius 2 is 1.60 bits per heavy atom. The maximum Gasteiger partial charge on any atom is 0.335 e. The predicted molar refractivity (Wildman–Crippen MR) is 182 cm³/mol. The average Bonchev–Trinajstić information content (AvgIpc) is 3.38. The maximum atomic E-state index is 12.0. The first kappa shape index (κ1) is 36.2. The lowest BCUT2D eigenvalue weighted by atomic mass is 9.44. The number of aliphatic hydroxyl groups is 1. The molecule has 4 aliphatic carbocycles. The van der Waals surface area contributed by atoms with Crippen LogP contribution >= 0.6 is 0 Å². The van der Waals surface area contributed by atoms with E-state index < -0.39 is 18.5 Å². The maximum absolute atomic E-state index is 12.0. The summed E-state index contributed by atoms with van der Waals surface area (Å²) in [6.45, 7) is 19.7. The molecule has 0 heterocycles. The Hall–Kier alpha value is -1.62. The van der Waals surface area contributed by atoms with Gasteiger partial charge in [-0.05, 0) is 122 Å². The van der Waals surface area contributed by atoms with E-state index >= 15 is 0 Å². The van der Waals surface area contributed by atoms with Crippen LogP contribution < -0.4 is 0 Å². The Morgan fingerprint density at radius 3 is 2.31 bits per heavy atom. The van der Waals surface area contributed by atoms with Crippen molar-refractivity contribution in [3.63, 3.8) is 0 Å². The second-order valence-corrected chi connectivity index (χ2v) is 16.8. The summed E-state index contributed by atoms with van der Waals surface area (Å²) in [6, 6.07) is 0. The third-order valence-corrected chi connectivity index (χ3v) is 13.8. The van der Waals surface area contributed by atoms with Crippen LogP contribution in [0.15, 0.2) is 24.8 Å². The highest BCUT2D eigenvalue weighted by Gasteiger charge is 2.60. The molecular weight excluding hydrogens is 560 g/mol. The fraction of sp³-hybridized carbons (Fsp3) is 0.850. The molecule has 4 saturated carbocycles. The third-order valence-electron chi connectivity index (χ3n) is 13.8. The molecule has 0 aromatic rings. The lowest BCUT2D eigenvalue weighted by molar-refractivity contribution is -0.144. The van der Waals surface area contributed by atoms with E-state index in [-0.39, 0.29) is 24.7 Å². The van der Waals surface area contributed by atoms with Crippen molar-refractivity contribution in [3.05, 3.63) is 24.8 Å². The van der Waals surface area contributed by atoms with E-state index in [9.17, 15) is 9.59 Å². The van der Waals surface area contributed by atoms with Crippen LogP contribution in [0.25, 0.3) is 0 Å².